The fraction of sp³-hybridized carbons (Fsp3) is 0.600. The fourth-order valence-electron chi connectivity index (χ4n) is 3.27. The molecule has 1 spiro atoms. The lowest BCUT2D eigenvalue weighted by molar-refractivity contribution is -0.159. The average Bonchev–Trinajstić information content (AvgIpc) is 2.99. The number of nitrogens with zero attached hydrogens (tertiary/aromatic N) is 3. The van der Waals surface area contributed by atoms with E-state index in [-0.39, 0.29) is 18.1 Å². The maximum Gasteiger partial charge on any atom is 0.248 e. The third-order valence-corrected chi connectivity index (χ3v) is 4.43. The molecule has 21 heavy (non-hydrogen) atoms. The van der Waals surface area contributed by atoms with Crippen LogP contribution in [0.15, 0.2) is 6.07 Å². The van der Waals surface area contributed by atoms with E-state index in [1.165, 1.54) is 0 Å². The van der Waals surface area contributed by atoms with Gasteiger partial charge in [0.2, 0.25) is 5.91 Å². The molecule has 6 heteroatoms. The molecule has 1 N–H and O–H groups in total. The lowest BCUT2D eigenvalue weighted by Crippen LogP contribution is -2.54. The van der Waals surface area contributed by atoms with Crippen LogP contribution in [0.1, 0.15) is 23.4 Å². The number of H-pyrrole nitrogens is 1. The van der Waals surface area contributed by atoms with Gasteiger partial charge in [-0.25, -0.2) is 0 Å². The number of aromatic amines is 1. The maximum absolute atomic E-state index is 11.5. The van der Waals surface area contributed by atoms with E-state index in [4.69, 9.17) is 10.00 Å². The van der Waals surface area contributed by atoms with Gasteiger partial charge < -0.3 is 14.6 Å². The van der Waals surface area contributed by atoms with Crippen molar-refractivity contribution in [2.45, 2.75) is 25.5 Å². The molecule has 1 amide bonds. The van der Waals surface area contributed by atoms with Gasteiger partial charge in [-0.15, -0.1) is 0 Å². The summed E-state index contributed by atoms with van der Waals surface area (Å²) < 4.78 is 5.83. The van der Waals surface area contributed by atoms with Crippen molar-refractivity contribution in [1.82, 2.24) is 14.8 Å². The van der Waals surface area contributed by atoms with E-state index in [2.05, 4.69) is 16.0 Å². The first-order valence-corrected chi connectivity index (χ1v) is 7.20. The molecule has 0 unspecified atom stereocenters. The van der Waals surface area contributed by atoms with Crippen LogP contribution in [0.4, 0.5) is 0 Å². The molecule has 112 valence electrons. The number of amides is 1. The minimum Gasteiger partial charge on any atom is -0.362 e. The molecule has 2 fully saturated rings. The van der Waals surface area contributed by atoms with Crippen molar-refractivity contribution in [3.05, 3.63) is 23.0 Å². The maximum atomic E-state index is 11.5. The normalized spacial score (nSPS) is 26.5. The molecule has 0 saturated carbocycles. The van der Waals surface area contributed by atoms with Crippen LogP contribution in [0.2, 0.25) is 0 Å². The van der Waals surface area contributed by atoms with Gasteiger partial charge in [0.15, 0.2) is 0 Å². The number of likely N-dealkylation sites (tertiary alicyclic amines) is 1. The van der Waals surface area contributed by atoms with E-state index in [0.29, 0.717) is 12.1 Å². The highest BCUT2D eigenvalue weighted by molar-refractivity contribution is 5.78. The van der Waals surface area contributed by atoms with Gasteiger partial charge in [-0.2, -0.15) is 5.26 Å². The number of carbonyl (C=O) groups is 1. The summed E-state index contributed by atoms with van der Waals surface area (Å²) in [6.45, 7) is 5.32. The molecule has 3 heterocycles. The first-order valence-electron chi connectivity index (χ1n) is 7.20. The van der Waals surface area contributed by atoms with Crippen LogP contribution >= 0.6 is 0 Å². The Morgan fingerprint density at radius 1 is 1.52 bits per heavy atom. The number of aryl methyl sites for hydroxylation is 1. The van der Waals surface area contributed by atoms with Crippen molar-refractivity contribution in [3.8, 4) is 6.07 Å². The molecule has 0 aliphatic carbocycles. The zero-order chi connectivity index (χ0) is 15.0. The predicted octanol–water partition coefficient (Wildman–Crippen LogP) is 0.628. The lowest BCUT2D eigenvalue weighted by atomic mass is 10.0. The summed E-state index contributed by atoms with van der Waals surface area (Å²) in [4.78, 5) is 18.9. The summed E-state index contributed by atoms with van der Waals surface area (Å²) in [5.74, 6) is 0.0535. The van der Waals surface area contributed by atoms with Gasteiger partial charge in [-0.05, 0) is 19.4 Å². The Balaban J connectivity index is 1.64. The Kier molecular flexibility index (Phi) is 3.47. The molecular formula is C15H20N4O2. The van der Waals surface area contributed by atoms with Gasteiger partial charge in [0.05, 0.1) is 12.1 Å². The van der Waals surface area contributed by atoms with E-state index in [1.54, 1.807) is 4.90 Å². The standard InChI is InChI=1S/C15H20N4O2/c1-11-12(6-16)5-13(17-11)7-19-4-3-15(10-19)9-18(2)14(20)8-21-15/h5,17H,3-4,7-10H2,1-2H3/t15-/m1/s1. The van der Waals surface area contributed by atoms with Crippen molar-refractivity contribution >= 4 is 5.91 Å². The average molecular weight is 288 g/mol. The van der Waals surface area contributed by atoms with Crippen LogP contribution in [-0.2, 0) is 16.1 Å². The third kappa shape index (κ3) is 2.67. The summed E-state index contributed by atoms with van der Waals surface area (Å²) in [7, 11) is 1.84. The van der Waals surface area contributed by atoms with Crippen molar-refractivity contribution in [3.63, 3.8) is 0 Å². The molecule has 0 aromatic carbocycles. The topological polar surface area (TPSA) is 72.4 Å². The summed E-state index contributed by atoms with van der Waals surface area (Å²) in [5.41, 5.74) is 2.46. The first-order chi connectivity index (χ1) is 10.0. The number of rotatable bonds is 2. The van der Waals surface area contributed by atoms with Crippen LogP contribution in [0.3, 0.4) is 0 Å². The van der Waals surface area contributed by atoms with Crippen LogP contribution < -0.4 is 0 Å². The fourth-order valence-corrected chi connectivity index (χ4v) is 3.27. The van der Waals surface area contributed by atoms with Gasteiger partial charge in [0, 0.05) is 38.1 Å². The summed E-state index contributed by atoms with van der Waals surface area (Å²) in [6.07, 6.45) is 0.940. The third-order valence-electron chi connectivity index (χ3n) is 4.43. The zero-order valence-electron chi connectivity index (χ0n) is 12.5. The molecule has 2 aliphatic rings. The molecule has 3 rings (SSSR count). The number of ether oxygens (including phenoxy) is 1. The highest BCUT2D eigenvalue weighted by atomic mass is 16.5. The smallest absolute Gasteiger partial charge is 0.248 e. The Morgan fingerprint density at radius 3 is 3.00 bits per heavy atom. The molecule has 2 saturated heterocycles. The lowest BCUT2D eigenvalue weighted by Gasteiger charge is -2.38. The summed E-state index contributed by atoms with van der Waals surface area (Å²) in [6, 6.07) is 4.10. The largest absolute Gasteiger partial charge is 0.362 e. The van der Waals surface area contributed by atoms with Crippen LogP contribution in [0, 0.1) is 18.3 Å². The molecule has 1 aromatic heterocycles. The molecule has 1 aromatic rings. The van der Waals surface area contributed by atoms with Gasteiger partial charge in [0.1, 0.15) is 18.3 Å². The second kappa shape index (κ2) is 5.17. The van der Waals surface area contributed by atoms with E-state index in [1.807, 2.05) is 20.0 Å². The number of aromatic nitrogens is 1. The molecule has 0 radical (unpaired) electrons. The van der Waals surface area contributed by atoms with Gasteiger partial charge in [-0.1, -0.05) is 0 Å². The monoisotopic (exact) mass is 288 g/mol. The Morgan fingerprint density at radius 2 is 2.33 bits per heavy atom. The van der Waals surface area contributed by atoms with Gasteiger partial charge in [-0.3, -0.25) is 9.69 Å². The van der Waals surface area contributed by atoms with Crippen LogP contribution in [0.5, 0.6) is 0 Å². The molecule has 2 aliphatic heterocycles. The van der Waals surface area contributed by atoms with E-state index in [0.717, 1.165) is 37.4 Å². The van der Waals surface area contributed by atoms with Crippen molar-refractivity contribution in [2.24, 2.45) is 0 Å². The van der Waals surface area contributed by atoms with Crippen molar-refractivity contribution in [1.29, 1.82) is 5.26 Å². The second-order valence-corrected chi connectivity index (χ2v) is 6.13. The van der Waals surface area contributed by atoms with Gasteiger partial charge >= 0.3 is 0 Å². The quantitative estimate of drug-likeness (QED) is 0.866. The number of nitriles is 1. The number of hydrogen-bond donors (Lipinski definition) is 1. The SMILES string of the molecule is Cc1[nH]c(CN2CC[C@]3(C2)CN(C)C(=O)CO3)cc1C#N. The van der Waals surface area contributed by atoms with E-state index < -0.39 is 0 Å². The second-order valence-electron chi connectivity index (χ2n) is 6.13. The molecule has 6 nitrogen and oxygen atoms in total. The van der Waals surface area contributed by atoms with E-state index >= 15 is 0 Å². The van der Waals surface area contributed by atoms with Crippen molar-refractivity contribution < 1.29 is 9.53 Å². The van der Waals surface area contributed by atoms with Gasteiger partial charge in [0.25, 0.3) is 0 Å². The molecule has 1 atom stereocenters. The highest BCUT2D eigenvalue weighted by Gasteiger charge is 2.44. The number of morpholine rings is 1. The number of likely N-dealkylation sites (N-methyl/N-ethyl adjacent to an activating group) is 1. The first kappa shape index (κ1) is 14.1. The van der Waals surface area contributed by atoms with E-state index in [9.17, 15) is 4.79 Å². The minimum atomic E-state index is -0.220. The number of carbonyl (C=O) groups excluding carboxylic acids is 1. The summed E-state index contributed by atoms with van der Waals surface area (Å²) >= 11 is 0. The minimum absolute atomic E-state index is 0.0535. The van der Waals surface area contributed by atoms with Crippen molar-refractivity contribution in [2.75, 3.05) is 33.3 Å². The van der Waals surface area contributed by atoms with Crippen LogP contribution in [-0.4, -0.2) is 59.6 Å². The Bertz CT molecular complexity index is 603. The Hall–Kier alpha value is -1.84. The molecule has 0 bridgehead atoms. The zero-order valence-corrected chi connectivity index (χ0v) is 12.5. The number of nitrogens with one attached hydrogen (secondary N) is 1. The highest BCUT2D eigenvalue weighted by Crippen LogP contribution is 2.30. The summed E-state index contributed by atoms with van der Waals surface area (Å²) in [5, 5.41) is 9.00. The molecular weight excluding hydrogens is 268 g/mol. The number of hydrogen-bond acceptors (Lipinski definition) is 4. The predicted molar refractivity (Wildman–Crippen MR) is 76.5 cm³/mol. The Labute approximate surface area is 124 Å². The van der Waals surface area contributed by atoms with Crippen LogP contribution in [0.25, 0.3) is 0 Å².